The van der Waals surface area contributed by atoms with E-state index in [9.17, 15) is 8.42 Å². The summed E-state index contributed by atoms with van der Waals surface area (Å²) in [7, 11) is -3.64. The van der Waals surface area contributed by atoms with Crippen LogP contribution in [0.2, 0.25) is 10.2 Å². The van der Waals surface area contributed by atoms with Crippen LogP contribution in [0.4, 0.5) is 0 Å². The maximum Gasteiger partial charge on any atom is 0.242 e. The van der Waals surface area contributed by atoms with Gasteiger partial charge in [0.15, 0.2) is 5.76 Å². The predicted octanol–water partition coefficient (Wildman–Crippen LogP) is 3.56. The maximum atomic E-state index is 12.1. The second-order valence-corrected chi connectivity index (χ2v) is 7.74. The topological polar surface area (TPSA) is 85.1 Å². The molecule has 25 heavy (non-hydrogen) atoms. The van der Waals surface area contributed by atoms with Crippen LogP contribution in [0.5, 0.6) is 0 Å². The van der Waals surface area contributed by atoms with Crippen molar-refractivity contribution in [2.75, 3.05) is 6.54 Å². The molecule has 0 atom stereocenters. The molecule has 0 amide bonds. The number of halogens is 2. The van der Waals surface area contributed by atoms with Gasteiger partial charge in [-0.3, -0.25) is 0 Å². The molecule has 0 fully saturated rings. The van der Waals surface area contributed by atoms with Crippen LogP contribution in [0, 0.1) is 0 Å². The summed E-state index contributed by atoms with van der Waals surface area (Å²) in [6, 6.07) is 11.7. The number of benzene rings is 1. The zero-order valence-corrected chi connectivity index (χ0v) is 15.1. The van der Waals surface area contributed by atoms with Crippen LogP contribution >= 0.6 is 23.2 Å². The molecule has 0 bridgehead atoms. The van der Waals surface area contributed by atoms with E-state index >= 15 is 0 Å². The quantitative estimate of drug-likeness (QED) is 0.642. The lowest BCUT2D eigenvalue weighted by Crippen LogP contribution is -2.26. The Hall–Kier alpha value is -1.93. The van der Waals surface area contributed by atoms with Gasteiger partial charge in [-0.1, -0.05) is 28.4 Å². The third kappa shape index (κ3) is 4.58. The number of hydrogen-bond acceptors (Lipinski definition) is 5. The number of aromatic nitrogens is 2. The van der Waals surface area contributed by atoms with Gasteiger partial charge in [-0.15, -0.1) is 0 Å². The van der Waals surface area contributed by atoms with Crippen molar-refractivity contribution in [3.05, 3.63) is 64.5 Å². The Labute approximate surface area is 154 Å². The molecular weight excluding hydrogens is 385 g/mol. The number of sulfonamides is 1. The minimum absolute atomic E-state index is 0.0545. The molecule has 3 aromatic rings. The van der Waals surface area contributed by atoms with Crippen molar-refractivity contribution < 1.29 is 12.9 Å². The van der Waals surface area contributed by atoms with Crippen molar-refractivity contribution in [2.45, 2.75) is 11.3 Å². The Balaban J connectivity index is 1.61. The lowest BCUT2D eigenvalue weighted by molar-refractivity contribution is 0.423. The molecule has 1 aromatic carbocycles. The highest BCUT2D eigenvalue weighted by Crippen LogP contribution is 2.22. The summed E-state index contributed by atoms with van der Waals surface area (Å²) in [6.45, 7) is 0.178. The van der Waals surface area contributed by atoms with Crippen molar-refractivity contribution in [2.24, 2.45) is 0 Å². The van der Waals surface area contributed by atoms with Crippen molar-refractivity contribution in [1.82, 2.24) is 14.9 Å². The molecule has 6 nitrogen and oxygen atoms in total. The molecular formula is C16H13Cl2N3O3S. The maximum absolute atomic E-state index is 12.1. The Morgan fingerprint density at radius 3 is 2.52 bits per heavy atom. The zero-order valence-electron chi connectivity index (χ0n) is 12.8. The standard InChI is InChI=1S/C16H13Cl2N3O3S/c17-12-3-1-11(2-4-12)15-9-13(21-24-15)7-8-20-25(22,23)14-5-6-16(18)19-10-14/h1-6,9-10,20H,7-8H2. The molecule has 0 saturated heterocycles. The number of hydrogen-bond donors (Lipinski definition) is 1. The summed E-state index contributed by atoms with van der Waals surface area (Å²) in [5.41, 5.74) is 1.48. The first kappa shape index (κ1) is 17.9. The molecule has 0 saturated carbocycles. The van der Waals surface area contributed by atoms with Crippen LogP contribution in [0.3, 0.4) is 0 Å². The van der Waals surface area contributed by atoms with Gasteiger partial charge in [-0.25, -0.2) is 18.1 Å². The minimum atomic E-state index is -3.64. The predicted molar refractivity (Wildman–Crippen MR) is 95.1 cm³/mol. The number of nitrogens with zero attached hydrogens (tertiary/aromatic N) is 2. The van der Waals surface area contributed by atoms with Gasteiger partial charge in [0.05, 0.1) is 5.69 Å². The summed E-state index contributed by atoms with van der Waals surface area (Å²) in [4.78, 5) is 3.82. The highest BCUT2D eigenvalue weighted by Gasteiger charge is 2.14. The summed E-state index contributed by atoms with van der Waals surface area (Å²) in [5, 5.41) is 4.81. The van der Waals surface area contributed by atoms with E-state index in [1.165, 1.54) is 18.3 Å². The first-order valence-electron chi connectivity index (χ1n) is 7.27. The van der Waals surface area contributed by atoms with Crippen LogP contribution in [0.25, 0.3) is 11.3 Å². The van der Waals surface area contributed by atoms with E-state index in [1.54, 1.807) is 18.2 Å². The molecule has 0 aliphatic rings. The summed E-state index contributed by atoms with van der Waals surface area (Å²) in [5.74, 6) is 0.594. The van der Waals surface area contributed by atoms with Gasteiger partial charge in [0.25, 0.3) is 0 Å². The van der Waals surface area contributed by atoms with Gasteiger partial charge in [0, 0.05) is 35.8 Å². The second kappa shape index (κ2) is 7.53. The van der Waals surface area contributed by atoms with Crippen LogP contribution in [0.15, 0.2) is 58.1 Å². The van der Waals surface area contributed by atoms with Crippen molar-refractivity contribution >= 4 is 33.2 Å². The Morgan fingerprint density at radius 2 is 1.84 bits per heavy atom. The SMILES string of the molecule is O=S(=O)(NCCc1cc(-c2ccc(Cl)cc2)on1)c1ccc(Cl)nc1. The number of rotatable bonds is 6. The summed E-state index contributed by atoms with van der Waals surface area (Å²) < 4.78 is 32.0. The minimum Gasteiger partial charge on any atom is -0.356 e. The third-order valence-electron chi connectivity index (χ3n) is 3.37. The fourth-order valence-corrected chi connectivity index (χ4v) is 3.31. The average molecular weight is 398 g/mol. The van der Waals surface area contributed by atoms with Crippen LogP contribution in [-0.2, 0) is 16.4 Å². The average Bonchev–Trinajstić information content (AvgIpc) is 3.04. The van der Waals surface area contributed by atoms with E-state index in [2.05, 4.69) is 14.9 Å². The molecule has 2 heterocycles. The first-order valence-corrected chi connectivity index (χ1v) is 9.51. The van der Waals surface area contributed by atoms with E-state index in [4.69, 9.17) is 27.7 Å². The van der Waals surface area contributed by atoms with Crippen LogP contribution in [-0.4, -0.2) is 25.1 Å². The molecule has 0 aliphatic heterocycles. The van der Waals surface area contributed by atoms with Gasteiger partial charge in [-0.05, 0) is 36.4 Å². The summed E-state index contributed by atoms with van der Waals surface area (Å²) in [6.07, 6.45) is 1.59. The highest BCUT2D eigenvalue weighted by atomic mass is 35.5. The lowest BCUT2D eigenvalue weighted by Gasteiger charge is -2.05. The second-order valence-electron chi connectivity index (χ2n) is 5.15. The molecule has 0 spiro atoms. The van der Waals surface area contributed by atoms with Crippen molar-refractivity contribution in [3.8, 4) is 11.3 Å². The van der Waals surface area contributed by atoms with E-state index in [0.717, 1.165) is 5.56 Å². The van der Waals surface area contributed by atoms with Crippen molar-refractivity contribution in [3.63, 3.8) is 0 Å². The molecule has 9 heteroatoms. The number of nitrogens with one attached hydrogen (secondary N) is 1. The molecule has 1 N–H and O–H groups in total. The highest BCUT2D eigenvalue weighted by molar-refractivity contribution is 7.89. The van der Waals surface area contributed by atoms with E-state index in [1.807, 2.05) is 12.1 Å². The van der Waals surface area contributed by atoms with E-state index in [0.29, 0.717) is 22.9 Å². The smallest absolute Gasteiger partial charge is 0.242 e. The fourth-order valence-electron chi connectivity index (χ4n) is 2.10. The molecule has 0 unspecified atom stereocenters. The molecule has 2 aromatic heterocycles. The monoisotopic (exact) mass is 397 g/mol. The summed E-state index contributed by atoms with van der Waals surface area (Å²) >= 11 is 11.5. The largest absolute Gasteiger partial charge is 0.356 e. The first-order chi connectivity index (χ1) is 11.9. The molecule has 0 radical (unpaired) electrons. The van der Waals surface area contributed by atoms with Gasteiger partial charge in [0.1, 0.15) is 10.0 Å². The molecule has 3 rings (SSSR count). The van der Waals surface area contributed by atoms with Crippen molar-refractivity contribution in [1.29, 1.82) is 0 Å². The Morgan fingerprint density at radius 1 is 1.08 bits per heavy atom. The van der Waals surface area contributed by atoms with Gasteiger partial charge < -0.3 is 4.52 Å². The van der Waals surface area contributed by atoms with Gasteiger partial charge in [0.2, 0.25) is 10.0 Å². The molecule has 0 aliphatic carbocycles. The fraction of sp³-hybridized carbons (Fsp3) is 0.125. The van der Waals surface area contributed by atoms with E-state index < -0.39 is 10.0 Å². The molecule has 130 valence electrons. The Bertz CT molecular complexity index is 955. The lowest BCUT2D eigenvalue weighted by atomic mass is 10.1. The number of pyridine rings is 1. The Kier molecular flexibility index (Phi) is 5.39. The van der Waals surface area contributed by atoms with Gasteiger partial charge >= 0.3 is 0 Å². The van der Waals surface area contributed by atoms with Crippen LogP contribution < -0.4 is 4.72 Å². The third-order valence-corrected chi connectivity index (χ3v) is 5.29. The normalized spacial score (nSPS) is 11.6. The zero-order chi connectivity index (χ0) is 17.9. The van der Waals surface area contributed by atoms with Gasteiger partial charge in [-0.2, -0.15) is 0 Å². The van der Waals surface area contributed by atoms with Crippen LogP contribution in [0.1, 0.15) is 5.69 Å². The van der Waals surface area contributed by atoms with E-state index in [-0.39, 0.29) is 16.6 Å².